The molecule has 0 amide bonds. The summed E-state index contributed by atoms with van der Waals surface area (Å²) in [4.78, 5) is 8.25. The molecule has 0 fully saturated rings. The van der Waals surface area contributed by atoms with E-state index in [1.165, 1.54) is 6.33 Å². The molecule has 1 heterocycles. The van der Waals surface area contributed by atoms with Gasteiger partial charge in [0.15, 0.2) is 0 Å². The Balaban J connectivity index is 2.45. The number of halogens is 2. The molecule has 2 aromatic rings. The molecule has 0 atom stereocenters. The number of hydrogen-bond donors (Lipinski definition) is 2. The fourth-order valence-electron chi connectivity index (χ4n) is 1.96. The molecule has 0 saturated carbocycles. The average Bonchev–Trinajstić information content (AvgIpc) is 2.42. The summed E-state index contributed by atoms with van der Waals surface area (Å²) in [5, 5.41) is 5.80. The minimum Gasteiger partial charge on any atom is -0.373 e. The molecular formula is C14H16F2N4. The minimum absolute atomic E-state index is 0.0488. The molecule has 0 saturated heterocycles. The second kappa shape index (κ2) is 5.81. The Labute approximate surface area is 116 Å². The van der Waals surface area contributed by atoms with Gasteiger partial charge < -0.3 is 10.6 Å². The van der Waals surface area contributed by atoms with Crippen LogP contribution in [0.4, 0.5) is 26.1 Å². The topological polar surface area (TPSA) is 49.8 Å². The Hall–Kier alpha value is -2.24. The minimum atomic E-state index is -0.536. The smallest absolute Gasteiger partial charge is 0.146 e. The van der Waals surface area contributed by atoms with Crippen molar-refractivity contribution in [2.75, 3.05) is 17.7 Å². The molecule has 106 valence electrons. The van der Waals surface area contributed by atoms with E-state index >= 15 is 0 Å². The molecule has 1 aromatic heterocycles. The number of rotatable bonds is 4. The van der Waals surface area contributed by atoms with Crippen LogP contribution in [0.25, 0.3) is 0 Å². The molecule has 0 radical (unpaired) electrons. The standard InChI is InChI=1S/C14H16F2N4/c1-8(2)12-13(17-3)18-7-19-14(12)20-11-6-9(15)4-5-10(11)16/h4-8H,1-3H3,(H2,17,18,19,20). The molecule has 0 unspecified atom stereocenters. The second-order valence-corrected chi connectivity index (χ2v) is 4.64. The third kappa shape index (κ3) is 2.84. The molecule has 2 rings (SSSR count). The summed E-state index contributed by atoms with van der Waals surface area (Å²) in [6.45, 7) is 3.96. The molecule has 0 aliphatic rings. The van der Waals surface area contributed by atoms with Crippen molar-refractivity contribution in [3.05, 3.63) is 41.7 Å². The van der Waals surface area contributed by atoms with Crippen LogP contribution in [0.15, 0.2) is 24.5 Å². The third-order valence-corrected chi connectivity index (χ3v) is 2.88. The SMILES string of the molecule is CNc1ncnc(Nc2cc(F)ccc2F)c1C(C)C. The zero-order valence-electron chi connectivity index (χ0n) is 11.5. The van der Waals surface area contributed by atoms with E-state index in [0.29, 0.717) is 11.6 Å². The highest BCUT2D eigenvalue weighted by Crippen LogP contribution is 2.30. The Kier molecular flexibility index (Phi) is 4.12. The molecule has 1 aromatic carbocycles. The summed E-state index contributed by atoms with van der Waals surface area (Å²) < 4.78 is 26.9. The van der Waals surface area contributed by atoms with Crippen LogP contribution in [0.2, 0.25) is 0 Å². The molecule has 4 nitrogen and oxygen atoms in total. The van der Waals surface area contributed by atoms with Crippen LogP contribution in [-0.2, 0) is 0 Å². The predicted molar refractivity (Wildman–Crippen MR) is 75.3 cm³/mol. The van der Waals surface area contributed by atoms with Crippen LogP contribution in [0.1, 0.15) is 25.3 Å². The lowest BCUT2D eigenvalue weighted by atomic mass is 10.0. The fourth-order valence-corrected chi connectivity index (χ4v) is 1.96. The van der Waals surface area contributed by atoms with Crippen molar-refractivity contribution in [3.8, 4) is 0 Å². The van der Waals surface area contributed by atoms with Crippen molar-refractivity contribution >= 4 is 17.3 Å². The third-order valence-electron chi connectivity index (χ3n) is 2.88. The van der Waals surface area contributed by atoms with Crippen molar-refractivity contribution in [1.82, 2.24) is 9.97 Å². The van der Waals surface area contributed by atoms with Gasteiger partial charge in [-0.1, -0.05) is 13.8 Å². The highest BCUT2D eigenvalue weighted by Gasteiger charge is 2.15. The monoisotopic (exact) mass is 278 g/mol. The molecule has 0 bridgehead atoms. The first kappa shape index (κ1) is 14.2. The molecule has 0 spiro atoms. The van der Waals surface area contributed by atoms with E-state index in [9.17, 15) is 8.78 Å². The first-order chi connectivity index (χ1) is 9.52. The highest BCUT2D eigenvalue weighted by atomic mass is 19.1. The summed E-state index contributed by atoms with van der Waals surface area (Å²) in [5.41, 5.74) is 0.867. The van der Waals surface area contributed by atoms with E-state index in [0.717, 1.165) is 23.8 Å². The largest absolute Gasteiger partial charge is 0.373 e. The van der Waals surface area contributed by atoms with E-state index in [-0.39, 0.29) is 11.6 Å². The number of nitrogens with one attached hydrogen (secondary N) is 2. The normalized spacial score (nSPS) is 10.7. The van der Waals surface area contributed by atoms with Crippen LogP contribution in [0, 0.1) is 11.6 Å². The van der Waals surface area contributed by atoms with Gasteiger partial charge in [-0.2, -0.15) is 0 Å². The van der Waals surface area contributed by atoms with E-state index in [1.807, 2.05) is 13.8 Å². The van der Waals surface area contributed by atoms with Crippen LogP contribution < -0.4 is 10.6 Å². The van der Waals surface area contributed by atoms with Gasteiger partial charge in [-0.25, -0.2) is 18.7 Å². The second-order valence-electron chi connectivity index (χ2n) is 4.64. The summed E-state index contributed by atoms with van der Waals surface area (Å²) in [6, 6.07) is 3.25. The average molecular weight is 278 g/mol. The zero-order valence-corrected chi connectivity index (χ0v) is 11.5. The quantitative estimate of drug-likeness (QED) is 0.896. The van der Waals surface area contributed by atoms with Crippen molar-refractivity contribution in [2.45, 2.75) is 19.8 Å². The van der Waals surface area contributed by atoms with E-state index < -0.39 is 11.6 Å². The van der Waals surface area contributed by atoms with E-state index in [4.69, 9.17) is 0 Å². The van der Waals surface area contributed by atoms with Crippen molar-refractivity contribution in [1.29, 1.82) is 0 Å². The Morgan fingerprint density at radius 3 is 2.45 bits per heavy atom. The Bertz CT molecular complexity index is 614. The van der Waals surface area contributed by atoms with Gasteiger partial charge in [0.05, 0.1) is 5.69 Å². The maximum atomic E-state index is 13.7. The van der Waals surface area contributed by atoms with E-state index in [1.54, 1.807) is 7.05 Å². The number of nitrogens with zero attached hydrogens (tertiary/aromatic N) is 2. The van der Waals surface area contributed by atoms with Gasteiger partial charge in [-0.15, -0.1) is 0 Å². The fraction of sp³-hybridized carbons (Fsp3) is 0.286. The van der Waals surface area contributed by atoms with Crippen LogP contribution in [0.3, 0.4) is 0 Å². The van der Waals surface area contributed by atoms with Gasteiger partial charge in [0.25, 0.3) is 0 Å². The van der Waals surface area contributed by atoms with E-state index in [2.05, 4.69) is 20.6 Å². The maximum Gasteiger partial charge on any atom is 0.146 e. The van der Waals surface area contributed by atoms with Gasteiger partial charge in [-0.3, -0.25) is 0 Å². The van der Waals surface area contributed by atoms with Gasteiger partial charge in [0, 0.05) is 18.7 Å². The van der Waals surface area contributed by atoms with Crippen molar-refractivity contribution < 1.29 is 8.78 Å². The Morgan fingerprint density at radius 2 is 1.80 bits per heavy atom. The number of benzene rings is 1. The van der Waals surface area contributed by atoms with Crippen LogP contribution in [-0.4, -0.2) is 17.0 Å². The molecule has 6 heteroatoms. The molecule has 2 N–H and O–H groups in total. The van der Waals surface area contributed by atoms with Crippen LogP contribution >= 0.6 is 0 Å². The number of aromatic nitrogens is 2. The molecule has 0 aliphatic carbocycles. The summed E-state index contributed by atoms with van der Waals surface area (Å²) in [7, 11) is 1.75. The first-order valence-corrected chi connectivity index (χ1v) is 6.27. The summed E-state index contributed by atoms with van der Waals surface area (Å²) >= 11 is 0. The number of hydrogen-bond acceptors (Lipinski definition) is 4. The lowest BCUT2D eigenvalue weighted by Crippen LogP contribution is -2.07. The van der Waals surface area contributed by atoms with Gasteiger partial charge in [0.2, 0.25) is 0 Å². The summed E-state index contributed by atoms with van der Waals surface area (Å²) in [5.74, 6) is 0.199. The van der Waals surface area contributed by atoms with Gasteiger partial charge in [-0.05, 0) is 18.1 Å². The van der Waals surface area contributed by atoms with Crippen LogP contribution in [0.5, 0.6) is 0 Å². The van der Waals surface area contributed by atoms with Crippen molar-refractivity contribution in [3.63, 3.8) is 0 Å². The predicted octanol–water partition coefficient (Wildman–Crippen LogP) is 3.66. The van der Waals surface area contributed by atoms with Gasteiger partial charge >= 0.3 is 0 Å². The highest BCUT2D eigenvalue weighted by molar-refractivity contribution is 5.66. The number of anilines is 3. The first-order valence-electron chi connectivity index (χ1n) is 6.27. The molecule has 0 aliphatic heterocycles. The lowest BCUT2D eigenvalue weighted by Gasteiger charge is -2.16. The zero-order chi connectivity index (χ0) is 14.7. The summed E-state index contributed by atoms with van der Waals surface area (Å²) in [6.07, 6.45) is 1.37. The molecule has 20 heavy (non-hydrogen) atoms. The Morgan fingerprint density at radius 1 is 1.10 bits per heavy atom. The lowest BCUT2D eigenvalue weighted by molar-refractivity contribution is 0.603. The molecular weight excluding hydrogens is 262 g/mol. The van der Waals surface area contributed by atoms with Crippen molar-refractivity contribution in [2.24, 2.45) is 0 Å². The van der Waals surface area contributed by atoms with Gasteiger partial charge in [0.1, 0.15) is 29.6 Å². The maximum absolute atomic E-state index is 13.7.